The molecule has 1 saturated heterocycles. The largest absolute Gasteiger partial charge is 0.497 e. The maximum Gasteiger partial charge on any atom is 0.127 e. The quantitative estimate of drug-likeness (QED) is 0.578. The van der Waals surface area contributed by atoms with Crippen molar-refractivity contribution < 1.29 is 9.13 Å². The normalized spacial score (nSPS) is 17.6. The first-order valence-corrected chi connectivity index (χ1v) is 10.1. The average molecular weight is 391 g/mol. The Balaban J connectivity index is 1.63. The van der Waals surface area contributed by atoms with E-state index >= 15 is 0 Å². The van der Waals surface area contributed by atoms with Crippen LogP contribution >= 0.6 is 0 Å². The van der Waals surface area contributed by atoms with Gasteiger partial charge in [0.15, 0.2) is 0 Å². The fraction of sp³-hybridized carbons (Fsp3) is 0.280. The summed E-state index contributed by atoms with van der Waals surface area (Å²) < 4.78 is 19.6. The molecule has 1 atom stereocenters. The van der Waals surface area contributed by atoms with Crippen molar-refractivity contribution >= 4 is 0 Å². The number of hydrogen-bond donors (Lipinski definition) is 0. The summed E-state index contributed by atoms with van der Waals surface area (Å²) in [6, 6.07) is 23.8. The molecule has 0 saturated carbocycles. The molecule has 0 spiro atoms. The van der Waals surface area contributed by atoms with E-state index in [0.29, 0.717) is 6.54 Å². The Hall–Kier alpha value is -2.69. The van der Waals surface area contributed by atoms with Crippen LogP contribution in [-0.4, -0.2) is 30.0 Å². The Morgan fingerprint density at radius 2 is 1.41 bits per heavy atom. The molecule has 1 aliphatic rings. The summed E-state index contributed by atoms with van der Waals surface area (Å²) in [5, 5.41) is 0. The number of aryl methyl sites for hydroxylation is 1. The molecule has 1 aliphatic heterocycles. The highest BCUT2D eigenvalue weighted by molar-refractivity contribution is 5.31. The maximum atomic E-state index is 14.3. The highest BCUT2D eigenvalue weighted by Crippen LogP contribution is 2.34. The molecule has 0 unspecified atom stereocenters. The lowest BCUT2D eigenvalue weighted by molar-refractivity contribution is 0.124. The molecular formula is C25H27FN2O. The van der Waals surface area contributed by atoms with Gasteiger partial charge in [-0.1, -0.05) is 54.6 Å². The van der Waals surface area contributed by atoms with Gasteiger partial charge in [-0.3, -0.25) is 9.80 Å². The van der Waals surface area contributed by atoms with E-state index in [9.17, 15) is 4.39 Å². The zero-order valence-electron chi connectivity index (χ0n) is 17.0. The van der Waals surface area contributed by atoms with Gasteiger partial charge in [0.05, 0.1) is 13.3 Å². The van der Waals surface area contributed by atoms with Gasteiger partial charge in [0.25, 0.3) is 0 Å². The van der Waals surface area contributed by atoms with E-state index < -0.39 is 0 Å². The predicted molar refractivity (Wildman–Crippen MR) is 114 cm³/mol. The minimum Gasteiger partial charge on any atom is -0.497 e. The molecule has 1 heterocycles. The molecule has 3 aromatic rings. The van der Waals surface area contributed by atoms with Gasteiger partial charge in [-0.15, -0.1) is 0 Å². The van der Waals surface area contributed by atoms with Crippen LogP contribution < -0.4 is 4.74 Å². The van der Waals surface area contributed by atoms with Crippen molar-refractivity contribution in [2.24, 2.45) is 0 Å². The van der Waals surface area contributed by atoms with Crippen molar-refractivity contribution in [3.8, 4) is 5.75 Å². The number of rotatable bonds is 6. The molecular weight excluding hydrogens is 363 g/mol. The molecule has 0 amide bonds. The smallest absolute Gasteiger partial charge is 0.127 e. The molecule has 3 aromatic carbocycles. The number of benzene rings is 3. The molecule has 4 rings (SSSR count). The van der Waals surface area contributed by atoms with Crippen molar-refractivity contribution in [2.75, 3.05) is 20.2 Å². The SMILES string of the molecule is COc1ccc([C@H]2N(Cc3ccccc3C)CCN2Cc2ccccc2F)cc1. The Morgan fingerprint density at radius 1 is 0.828 bits per heavy atom. The van der Waals surface area contributed by atoms with Crippen LogP contribution in [0.3, 0.4) is 0 Å². The van der Waals surface area contributed by atoms with E-state index in [0.717, 1.165) is 30.9 Å². The second kappa shape index (κ2) is 8.76. The number of nitrogens with zero attached hydrogens (tertiary/aromatic N) is 2. The highest BCUT2D eigenvalue weighted by atomic mass is 19.1. The van der Waals surface area contributed by atoms with Crippen LogP contribution in [0.15, 0.2) is 72.8 Å². The van der Waals surface area contributed by atoms with Gasteiger partial charge in [0.1, 0.15) is 11.6 Å². The van der Waals surface area contributed by atoms with Crippen LogP contribution in [0, 0.1) is 12.7 Å². The third-order valence-corrected chi connectivity index (χ3v) is 5.75. The molecule has 0 N–H and O–H groups in total. The standard InChI is InChI=1S/C25H27FN2O/c1-19-7-3-4-8-21(19)17-27-15-16-28(18-22-9-5-6-10-24(22)26)25(27)20-11-13-23(29-2)14-12-20/h3-14,25H,15-18H2,1-2H3/t25-/m0/s1. The molecule has 3 nitrogen and oxygen atoms in total. The van der Waals surface area contributed by atoms with Crippen LogP contribution in [0.4, 0.5) is 4.39 Å². The highest BCUT2D eigenvalue weighted by Gasteiger charge is 2.33. The average Bonchev–Trinajstić information content (AvgIpc) is 3.13. The van der Waals surface area contributed by atoms with Crippen molar-refractivity contribution in [1.29, 1.82) is 0 Å². The van der Waals surface area contributed by atoms with Crippen molar-refractivity contribution in [1.82, 2.24) is 9.80 Å². The third-order valence-electron chi connectivity index (χ3n) is 5.75. The summed E-state index contributed by atoms with van der Waals surface area (Å²) in [5.41, 5.74) is 4.57. The summed E-state index contributed by atoms with van der Waals surface area (Å²) in [6.45, 7) is 5.46. The number of hydrogen-bond acceptors (Lipinski definition) is 3. The van der Waals surface area contributed by atoms with Crippen LogP contribution in [-0.2, 0) is 13.1 Å². The zero-order valence-corrected chi connectivity index (χ0v) is 17.0. The first-order chi connectivity index (χ1) is 14.2. The van der Waals surface area contributed by atoms with E-state index in [4.69, 9.17) is 4.74 Å². The molecule has 0 aromatic heterocycles. The van der Waals surface area contributed by atoms with Crippen molar-refractivity contribution in [2.45, 2.75) is 26.2 Å². The lowest BCUT2D eigenvalue weighted by atomic mass is 10.1. The molecule has 4 heteroatoms. The molecule has 0 aliphatic carbocycles. The lowest BCUT2D eigenvalue weighted by Crippen LogP contribution is -2.31. The second-order valence-electron chi connectivity index (χ2n) is 7.61. The zero-order chi connectivity index (χ0) is 20.2. The first kappa shape index (κ1) is 19.6. The second-order valence-corrected chi connectivity index (χ2v) is 7.61. The van der Waals surface area contributed by atoms with Gasteiger partial charge < -0.3 is 4.74 Å². The Bertz CT molecular complexity index is 902. The predicted octanol–water partition coefficient (Wildman–Crippen LogP) is 5.16. The van der Waals surface area contributed by atoms with Gasteiger partial charge in [0.2, 0.25) is 0 Å². The summed E-state index contributed by atoms with van der Waals surface area (Å²) in [4.78, 5) is 4.84. The third kappa shape index (κ3) is 4.34. The minimum atomic E-state index is -0.140. The van der Waals surface area contributed by atoms with Crippen LogP contribution in [0.5, 0.6) is 5.75 Å². The fourth-order valence-electron chi connectivity index (χ4n) is 4.11. The Kier molecular flexibility index (Phi) is 5.93. The maximum absolute atomic E-state index is 14.3. The van der Waals surface area contributed by atoms with Gasteiger partial charge in [-0.05, 0) is 41.8 Å². The Morgan fingerprint density at radius 3 is 2.03 bits per heavy atom. The van der Waals surface area contributed by atoms with Gasteiger partial charge in [-0.2, -0.15) is 0 Å². The topological polar surface area (TPSA) is 15.7 Å². The van der Waals surface area contributed by atoms with E-state index in [2.05, 4.69) is 53.1 Å². The molecule has 0 radical (unpaired) electrons. The lowest BCUT2D eigenvalue weighted by Gasteiger charge is -2.31. The van der Waals surface area contributed by atoms with E-state index in [-0.39, 0.29) is 12.0 Å². The molecule has 0 bridgehead atoms. The summed E-state index contributed by atoms with van der Waals surface area (Å²) in [7, 11) is 1.68. The van der Waals surface area contributed by atoms with Gasteiger partial charge in [-0.25, -0.2) is 4.39 Å². The van der Waals surface area contributed by atoms with Crippen LogP contribution in [0.2, 0.25) is 0 Å². The summed E-state index contributed by atoms with van der Waals surface area (Å²) >= 11 is 0. The number of ether oxygens (including phenoxy) is 1. The monoisotopic (exact) mass is 390 g/mol. The summed E-state index contributed by atoms with van der Waals surface area (Å²) in [6.07, 6.45) is 0.0973. The first-order valence-electron chi connectivity index (χ1n) is 10.1. The van der Waals surface area contributed by atoms with Crippen LogP contribution in [0.1, 0.15) is 28.4 Å². The molecule has 1 fully saturated rings. The van der Waals surface area contributed by atoms with Crippen molar-refractivity contribution in [3.63, 3.8) is 0 Å². The van der Waals surface area contributed by atoms with Gasteiger partial charge in [0, 0.05) is 31.7 Å². The van der Waals surface area contributed by atoms with E-state index in [1.54, 1.807) is 19.2 Å². The van der Waals surface area contributed by atoms with E-state index in [1.807, 2.05) is 24.3 Å². The molecule has 150 valence electrons. The van der Waals surface area contributed by atoms with Gasteiger partial charge >= 0.3 is 0 Å². The summed E-state index contributed by atoms with van der Waals surface area (Å²) in [5.74, 6) is 0.705. The number of methoxy groups -OCH3 is 1. The molecule has 29 heavy (non-hydrogen) atoms. The van der Waals surface area contributed by atoms with E-state index in [1.165, 1.54) is 16.7 Å². The minimum absolute atomic E-state index is 0.0973. The Labute approximate surface area is 172 Å². The number of halogens is 1. The van der Waals surface area contributed by atoms with Crippen molar-refractivity contribution in [3.05, 3.63) is 101 Å². The fourth-order valence-corrected chi connectivity index (χ4v) is 4.11. The van der Waals surface area contributed by atoms with Crippen LogP contribution in [0.25, 0.3) is 0 Å².